The Kier molecular flexibility index (Phi) is 4.77. The number of nitrogens with two attached hydrogens (primary N) is 1. The molecule has 2 saturated heterocycles. The molecule has 7 heteroatoms. The van der Waals surface area contributed by atoms with E-state index >= 15 is 4.39 Å². The quantitative estimate of drug-likeness (QED) is 0.632. The summed E-state index contributed by atoms with van der Waals surface area (Å²) in [5.74, 6) is -0.925. The molecule has 0 spiro atoms. The van der Waals surface area contributed by atoms with Crippen LogP contribution in [0.15, 0.2) is 36.9 Å². The van der Waals surface area contributed by atoms with Crippen LogP contribution in [0.2, 0.25) is 5.02 Å². The monoisotopic (exact) mass is 439 g/mol. The molecule has 2 aliphatic heterocycles. The molecule has 2 unspecified atom stereocenters. The second kappa shape index (κ2) is 7.38. The minimum Gasteiger partial charge on any atom is -0.366 e. The molecule has 2 aromatic rings. The maximum atomic E-state index is 15.5. The van der Waals surface area contributed by atoms with Crippen molar-refractivity contribution in [3.8, 4) is 11.1 Å². The van der Waals surface area contributed by atoms with Gasteiger partial charge in [-0.05, 0) is 66.1 Å². The smallest absolute Gasteiger partial charge is 0.249 e. The summed E-state index contributed by atoms with van der Waals surface area (Å²) in [6, 6.07) is 6.82. The Balaban J connectivity index is 1.63. The number of rotatable bonds is 3. The van der Waals surface area contributed by atoms with Gasteiger partial charge in [-0.1, -0.05) is 24.2 Å². The van der Waals surface area contributed by atoms with Gasteiger partial charge >= 0.3 is 0 Å². The van der Waals surface area contributed by atoms with Gasteiger partial charge in [-0.3, -0.25) is 9.59 Å². The van der Waals surface area contributed by atoms with Gasteiger partial charge in [0.05, 0.1) is 11.7 Å². The molecule has 0 saturated carbocycles. The second-order valence-corrected chi connectivity index (χ2v) is 9.00. The van der Waals surface area contributed by atoms with E-state index in [-0.39, 0.29) is 23.4 Å². The fraction of sp³-hybridized carbons (Fsp3) is 0.333. The zero-order valence-electron chi connectivity index (χ0n) is 17.0. The van der Waals surface area contributed by atoms with Crippen molar-refractivity contribution in [1.29, 1.82) is 0 Å². The standard InChI is InChI=1S/C24H23ClFN3O2/c1-2-21(30)29-7-3-4-14-11-28(12-20(14)29)23-19(26)10-18(24(27)31)17-8-13-5-6-15(25)9-16(13)22(17)23/h2,5-6,9-10,14,20H,1,3-4,7-8,11-12H2,(H2,27,31). The van der Waals surface area contributed by atoms with Crippen molar-refractivity contribution in [2.24, 2.45) is 11.7 Å². The number of fused-ring (bicyclic) bond motifs is 4. The van der Waals surface area contributed by atoms with E-state index in [0.717, 1.165) is 29.5 Å². The molecule has 0 bridgehead atoms. The number of hydrogen-bond acceptors (Lipinski definition) is 3. The van der Waals surface area contributed by atoms with Crippen LogP contribution in [0.5, 0.6) is 0 Å². The van der Waals surface area contributed by atoms with Crippen molar-refractivity contribution in [3.05, 3.63) is 64.5 Å². The Hall–Kier alpha value is -2.86. The Labute approximate surface area is 185 Å². The Morgan fingerprint density at radius 2 is 2.06 bits per heavy atom. The fourth-order valence-electron chi connectivity index (χ4n) is 5.56. The number of amides is 2. The Morgan fingerprint density at radius 1 is 1.26 bits per heavy atom. The van der Waals surface area contributed by atoms with Crippen LogP contribution in [0, 0.1) is 11.7 Å². The molecule has 160 valence electrons. The Morgan fingerprint density at radius 3 is 2.81 bits per heavy atom. The van der Waals surface area contributed by atoms with Crippen LogP contribution in [-0.2, 0) is 11.2 Å². The van der Waals surface area contributed by atoms with Crippen LogP contribution >= 0.6 is 11.6 Å². The molecule has 0 radical (unpaired) electrons. The van der Waals surface area contributed by atoms with E-state index in [2.05, 4.69) is 6.58 Å². The van der Waals surface area contributed by atoms with Crippen molar-refractivity contribution < 1.29 is 14.0 Å². The van der Waals surface area contributed by atoms with Gasteiger partial charge in [-0.15, -0.1) is 0 Å². The average Bonchev–Trinajstić information content (AvgIpc) is 3.33. The third kappa shape index (κ3) is 3.12. The minimum absolute atomic E-state index is 0.0188. The van der Waals surface area contributed by atoms with Crippen molar-refractivity contribution >= 4 is 29.1 Å². The lowest BCUT2D eigenvalue weighted by molar-refractivity contribution is -0.130. The SMILES string of the molecule is C=CC(=O)N1CCCC2CN(c3c(F)cc(C(N)=O)c4c3-c3cc(Cl)ccc3C4)CC21. The third-order valence-corrected chi connectivity index (χ3v) is 7.12. The molecule has 0 aromatic heterocycles. The Bertz CT molecular complexity index is 1130. The normalized spacial score (nSPS) is 21.5. The van der Waals surface area contributed by atoms with Gasteiger partial charge in [0, 0.05) is 35.8 Å². The highest BCUT2D eigenvalue weighted by Gasteiger charge is 2.42. The molecule has 2 N–H and O–H groups in total. The summed E-state index contributed by atoms with van der Waals surface area (Å²) >= 11 is 6.26. The zero-order valence-corrected chi connectivity index (χ0v) is 17.8. The van der Waals surface area contributed by atoms with Gasteiger partial charge in [0.1, 0.15) is 5.82 Å². The van der Waals surface area contributed by atoms with Gasteiger partial charge in [0.2, 0.25) is 11.8 Å². The molecule has 2 amide bonds. The van der Waals surface area contributed by atoms with E-state index in [9.17, 15) is 9.59 Å². The molecule has 3 aliphatic rings. The number of carbonyl (C=O) groups is 2. The van der Waals surface area contributed by atoms with Crippen molar-refractivity contribution in [3.63, 3.8) is 0 Å². The summed E-state index contributed by atoms with van der Waals surface area (Å²) in [7, 11) is 0. The number of anilines is 1. The largest absolute Gasteiger partial charge is 0.366 e. The average molecular weight is 440 g/mol. The molecule has 2 atom stereocenters. The summed E-state index contributed by atoms with van der Waals surface area (Å²) < 4.78 is 15.5. The van der Waals surface area contributed by atoms with Crippen molar-refractivity contribution in [1.82, 2.24) is 4.90 Å². The summed E-state index contributed by atoms with van der Waals surface area (Å²) in [6.07, 6.45) is 3.78. The van der Waals surface area contributed by atoms with Gasteiger partial charge < -0.3 is 15.5 Å². The van der Waals surface area contributed by atoms with Crippen LogP contribution in [-0.4, -0.2) is 42.4 Å². The lowest BCUT2D eigenvalue weighted by Gasteiger charge is -2.36. The molecular weight excluding hydrogens is 417 g/mol. The third-order valence-electron chi connectivity index (χ3n) is 6.89. The number of halogens is 2. The number of benzene rings is 2. The summed E-state index contributed by atoms with van der Waals surface area (Å²) in [5.41, 5.74) is 9.55. The van der Waals surface area contributed by atoms with E-state index in [1.54, 1.807) is 6.07 Å². The van der Waals surface area contributed by atoms with Crippen molar-refractivity contribution in [2.75, 3.05) is 24.5 Å². The lowest BCUT2D eigenvalue weighted by Crippen LogP contribution is -2.47. The summed E-state index contributed by atoms with van der Waals surface area (Å²) in [4.78, 5) is 28.3. The van der Waals surface area contributed by atoms with Gasteiger partial charge in [0.25, 0.3) is 0 Å². The first-order valence-electron chi connectivity index (χ1n) is 10.5. The molecule has 2 fully saturated rings. The number of carbonyl (C=O) groups excluding carboxylic acids is 2. The molecule has 1 aliphatic carbocycles. The molecular formula is C24H23ClFN3O2. The highest BCUT2D eigenvalue weighted by molar-refractivity contribution is 6.31. The molecule has 2 aromatic carbocycles. The predicted molar refractivity (Wildman–Crippen MR) is 119 cm³/mol. The second-order valence-electron chi connectivity index (χ2n) is 8.56. The van der Waals surface area contributed by atoms with Crippen LogP contribution in [0.1, 0.15) is 34.3 Å². The maximum Gasteiger partial charge on any atom is 0.249 e. The summed E-state index contributed by atoms with van der Waals surface area (Å²) in [5, 5.41) is 0.556. The molecule has 2 heterocycles. The lowest BCUT2D eigenvalue weighted by atomic mass is 9.92. The number of hydrogen-bond donors (Lipinski definition) is 1. The van der Waals surface area contributed by atoms with Crippen LogP contribution < -0.4 is 10.6 Å². The first-order chi connectivity index (χ1) is 14.9. The van der Waals surface area contributed by atoms with E-state index < -0.39 is 11.7 Å². The number of primary amides is 1. The van der Waals surface area contributed by atoms with E-state index in [0.29, 0.717) is 42.3 Å². The van der Waals surface area contributed by atoms with Crippen LogP contribution in [0.3, 0.4) is 0 Å². The fourth-order valence-corrected chi connectivity index (χ4v) is 5.73. The van der Waals surface area contributed by atoms with Gasteiger partial charge in [0.15, 0.2) is 0 Å². The number of likely N-dealkylation sites (tertiary alicyclic amines) is 1. The van der Waals surface area contributed by atoms with Crippen LogP contribution in [0.4, 0.5) is 10.1 Å². The molecule has 5 nitrogen and oxygen atoms in total. The highest BCUT2D eigenvalue weighted by atomic mass is 35.5. The number of piperidine rings is 1. The highest BCUT2D eigenvalue weighted by Crippen LogP contribution is 2.48. The summed E-state index contributed by atoms with van der Waals surface area (Å²) in [6.45, 7) is 5.52. The van der Waals surface area contributed by atoms with E-state index in [4.69, 9.17) is 17.3 Å². The first-order valence-corrected chi connectivity index (χ1v) is 10.9. The number of nitrogens with zero attached hydrogens (tertiary/aromatic N) is 2. The van der Waals surface area contributed by atoms with E-state index in [1.165, 1.54) is 12.1 Å². The zero-order chi connectivity index (χ0) is 21.9. The van der Waals surface area contributed by atoms with Gasteiger partial charge in [-0.25, -0.2) is 4.39 Å². The molecule has 5 rings (SSSR count). The maximum absolute atomic E-state index is 15.5. The van der Waals surface area contributed by atoms with Crippen molar-refractivity contribution in [2.45, 2.75) is 25.3 Å². The minimum atomic E-state index is -0.640. The molecule has 31 heavy (non-hydrogen) atoms. The van der Waals surface area contributed by atoms with Crippen LogP contribution in [0.25, 0.3) is 11.1 Å². The van der Waals surface area contributed by atoms with E-state index in [1.807, 2.05) is 21.9 Å². The first kappa shape index (κ1) is 20.1. The predicted octanol–water partition coefficient (Wildman–Crippen LogP) is 3.76. The topological polar surface area (TPSA) is 66.6 Å². The van der Waals surface area contributed by atoms with Gasteiger partial charge in [-0.2, -0.15) is 0 Å².